The van der Waals surface area contributed by atoms with Crippen LogP contribution in [-0.4, -0.2) is 41.8 Å². The van der Waals surface area contributed by atoms with Crippen molar-refractivity contribution in [2.24, 2.45) is 0 Å². The summed E-state index contributed by atoms with van der Waals surface area (Å²) in [6.07, 6.45) is 4.54. The van der Waals surface area contributed by atoms with E-state index in [-0.39, 0.29) is 36.4 Å². The Balaban J connectivity index is 1.24. The predicted octanol–water partition coefficient (Wildman–Crippen LogP) is 3.54. The zero-order valence-corrected chi connectivity index (χ0v) is 16.6. The van der Waals surface area contributed by atoms with Gasteiger partial charge in [-0.2, -0.15) is 0 Å². The molecule has 29 heavy (non-hydrogen) atoms. The molecule has 1 N–H and O–H groups in total. The Kier molecular flexibility index (Phi) is 6.05. The fourth-order valence-electron chi connectivity index (χ4n) is 4.56. The van der Waals surface area contributed by atoms with Crippen molar-refractivity contribution in [3.63, 3.8) is 0 Å². The SMILES string of the molecule is O=C(CCC(=O)c1ccc(F)cc1)NC1CCCN(C2Cc3ccccc3C2)C1. The topological polar surface area (TPSA) is 49.4 Å². The molecule has 152 valence electrons. The van der Waals surface area contributed by atoms with Crippen LogP contribution >= 0.6 is 0 Å². The number of rotatable bonds is 6. The highest BCUT2D eigenvalue weighted by atomic mass is 19.1. The molecule has 2 aliphatic rings. The van der Waals surface area contributed by atoms with Crippen LogP contribution in [0.3, 0.4) is 0 Å². The van der Waals surface area contributed by atoms with Gasteiger partial charge in [0, 0.05) is 37.0 Å². The van der Waals surface area contributed by atoms with Crippen molar-refractivity contribution in [1.82, 2.24) is 10.2 Å². The molecule has 0 saturated carbocycles. The van der Waals surface area contributed by atoms with Crippen molar-refractivity contribution in [2.45, 2.75) is 50.6 Å². The number of likely N-dealkylation sites (tertiary alicyclic amines) is 1. The Morgan fingerprint density at radius 3 is 2.38 bits per heavy atom. The van der Waals surface area contributed by atoms with E-state index in [0.29, 0.717) is 11.6 Å². The summed E-state index contributed by atoms with van der Waals surface area (Å²) in [5.41, 5.74) is 3.34. The van der Waals surface area contributed by atoms with Gasteiger partial charge >= 0.3 is 0 Å². The maximum atomic E-state index is 13.0. The minimum Gasteiger partial charge on any atom is -0.352 e. The van der Waals surface area contributed by atoms with Crippen molar-refractivity contribution in [3.05, 3.63) is 71.0 Å². The third-order valence-electron chi connectivity index (χ3n) is 6.11. The van der Waals surface area contributed by atoms with Crippen LogP contribution in [0.1, 0.15) is 47.2 Å². The molecule has 2 aromatic carbocycles. The smallest absolute Gasteiger partial charge is 0.220 e. The Bertz CT molecular complexity index is 856. The molecule has 4 nitrogen and oxygen atoms in total. The zero-order chi connectivity index (χ0) is 20.2. The van der Waals surface area contributed by atoms with Crippen LogP contribution in [0.25, 0.3) is 0 Å². The van der Waals surface area contributed by atoms with Crippen molar-refractivity contribution in [3.8, 4) is 0 Å². The van der Waals surface area contributed by atoms with Gasteiger partial charge in [-0.15, -0.1) is 0 Å². The molecule has 0 spiro atoms. The van der Waals surface area contributed by atoms with Crippen molar-refractivity contribution in [2.75, 3.05) is 13.1 Å². The fourth-order valence-corrected chi connectivity index (χ4v) is 4.56. The van der Waals surface area contributed by atoms with E-state index < -0.39 is 0 Å². The first-order chi connectivity index (χ1) is 14.1. The van der Waals surface area contributed by atoms with E-state index >= 15 is 0 Å². The molecule has 1 aliphatic carbocycles. The minimum absolute atomic E-state index is 0.0815. The molecule has 2 aromatic rings. The molecule has 1 unspecified atom stereocenters. The number of carbonyl (C=O) groups is 2. The molecule has 1 fully saturated rings. The van der Waals surface area contributed by atoms with Crippen LogP contribution < -0.4 is 5.32 Å². The van der Waals surface area contributed by atoms with Crippen molar-refractivity contribution in [1.29, 1.82) is 0 Å². The van der Waals surface area contributed by atoms with Crippen LogP contribution in [0, 0.1) is 5.82 Å². The zero-order valence-electron chi connectivity index (χ0n) is 16.6. The summed E-state index contributed by atoms with van der Waals surface area (Å²) in [6.45, 7) is 1.95. The highest BCUT2D eigenvalue weighted by Crippen LogP contribution is 2.27. The number of hydrogen-bond donors (Lipinski definition) is 1. The number of carbonyl (C=O) groups excluding carboxylic acids is 2. The maximum absolute atomic E-state index is 13.0. The van der Waals surface area contributed by atoms with Gasteiger partial charge in [-0.25, -0.2) is 4.39 Å². The predicted molar refractivity (Wildman–Crippen MR) is 110 cm³/mol. The van der Waals surface area contributed by atoms with Gasteiger partial charge in [0.2, 0.25) is 5.91 Å². The second-order valence-electron chi connectivity index (χ2n) is 8.16. The molecule has 1 aliphatic heterocycles. The average Bonchev–Trinajstić information content (AvgIpc) is 3.17. The first-order valence-corrected chi connectivity index (χ1v) is 10.5. The Labute approximate surface area is 171 Å². The number of halogens is 1. The lowest BCUT2D eigenvalue weighted by Crippen LogP contribution is -2.51. The molecule has 1 saturated heterocycles. The average molecular weight is 394 g/mol. The number of piperidine rings is 1. The molecular formula is C24H27FN2O2. The number of benzene rings is 2. The summed E-state index contributed by atoms with van der Waals surface area (Å²) < 4.78 is 13.0. The molecule has 1 amide bonds. The molecule has 0 bridgehead atoms. The van der Waals surface area contributed by atoms with Crippen LogP contribution in [0.4, 0.5) is 4.39 Å². The van der Waals surface area contributed by atoms with E-state index in [1.807, 2.05) is 0 Å². The van der Waals surface area contributed by atoms with Crippen LogP contribution in [0.5, 0.6) is 0 Å². The van der Waals surface area contributed by atoms with Gasteiger partial charge in [-0.3, -0.25) is 14.5 Å². The van der Waals surface area contributed by atoms with Crippen molar-refractivity contribution < 1.29 is 14.0 Å². The quantitative estimate of drug-likeness (QED) is 0.763. The lowest BCUT2D eigenvalue weighted by atomic mass is 10.0. The third-order valence-corrected chi connectivity index (χ3v) is 6.11. The Morgan fingerprint density at radius 1 is 1.00 bits per heavy atom. The maximum Gasteiger partial charge on any atom is 0.220 e. The monoisotopic (exact) mass is 394 g/mol. The van der Waals surface area contributed by atoms with E-state index in [2.05, 4.69) is 34.5 Å². The number of nitrogens with zero attached hydrogens (tertiary/aromatic N) is 1. The van der Waals surface area contributed by atoms with Gasteiger partial charge in [0.05, 0.1) is 0 Å². The van der Waals surface area contributed by atoms with Gasteiger partial charge < -0.3 is 5.32 Å². The summed E-state index contributed by atoms with van der Waals surface area (Å²) in [7, 11) is 0. The molecule has 0 radical (unpaired) electrons. The van der Waals surface area contributed by atoms with E-state index in [4.69, 9.17) is 0 Å². The summed E-state index contributed by atoms with van der Waals surface area (Å²) >= 11 is 0. The van der Waals surface area contributed by atoms with Gasteiger partial charge in [-0.05, 0) is 67.6 Å². The van der Waals surface area contributed by atoms with Gasteiger partial charge in [-0.1, -0.05) is 24.3 Å². The highest BCUT2D eigenvalue weighted by Gasteiger charge is 2.30. The largest absolute Gasteiger partial charge is 0.352 e. The van der Waals surface area contributed by atoms with Crippen molar-refractivity contribution >= 4 is 11.7 Å². The second kappa shape index (κ2) is 8.87. The lowest BCUT2D eigenvalue weighted by Gasteiger charge is -2.37. The summed E-state index contributed by atoms with van der Waals surface area (Å²) in [6, 6.07) is 14.8. The molecule has 0 aromatic heterocycles. The van der Waals surface area contributed by atoms with E-state index in [1.165, 1.54) is 35.4 Å². The molecule has 5 heteroatoms. The van der Waals surface area contributed by atoms with E-state index in [1.54, 1.807) is 0 Å². The number of ketones is 1. The summed E-state index contributed by atoms with van der Waals surface area (Å²) in [4.78, 5) is 27.1. The number of amides is 1. The van der Waals surface area contributed by atoms with Gasteiger partial charge in [0.1, 0.15) is 5.82 Å². The molecular weight excluding hydrogens is 367 g/mol. The normalized spacial score (nSPS) is 19.7. The lowest BCUT2D eigenvalue weighted by molar-refractivity contribution is -0.122. The standard InChI is InChI=1S/C24H27FN2O2/c25-20-9-7-17(8-10-20)23(28)11-12-24(29)26-21-6-3-13-27(16-21)22-14-18-4-1-2-5-19(18)15-22/h1-2,4-5,7-10,21-22H,3,6,11-16H2,(H,26,29). The first kappa shape index (κ1) is 19.8. The van der Waals surface area contributed by atoms with Crippen LogP contribution in [-0.2, 0) is 17.6 Å². The molecule has 1 atom stereocenters. The van der Waals surface area contributed by atoms with Gasteiger partial charge in [0.25, 0.3) is 0 Å². The fraction of sp³-hybridized carbons (Fsp3) is 0.417. The molecule has 1 heterocycles. The molecule has 4 rings (SSSR count). The first-order valence-electron chi connectivity index (χ1n) is 10.5. The van der Waals surface area contributed by atoms with Crippen LogP contribution in [0.15, 0.2) is 48.5 Å². The second-order valence-corrected chi connectivity index (χ2v) is 8.16. The number of hydrogen-bond acceptors (Lipinski definition) is 3. The number of fused-ring (bicyclic) bond motifs is 1. The summed E-state index contributed by atoms with van der Waals surface area (Å²) in [5.74, 6) is -0.581. The number of Topliss-reactive ketones (excluding diaryl/α,β-unsaturated/α-hetero) is 1. The Morgan fingerprint density at radius 2 is 1.69 bits per heavy atom. The van der Waals surface area contributed by atoms with E-state index in [0.717, 1.165) is 38.8 Å². The summed E-state index contributed by atoms with van der Waals surface area (Å²) in [5, 5.41) is 3.12. The Hall–Kier alpha value is -2.53. The third kappa shape index (κ3) is 4.91. The number of nitrogens with one attached hydrogen (secondary N) is 1. The van der Waals surface area contributed by atoms with E-state index in [9.17, 15) is 14.0 Å². The van der Waals surface area contributed by atoms with Crippen LogP contribution in [0.2, 0.25) is 0 Å². The highest BCUT2D eigenvalue weighted by molar-refractivity contribution is 5.97. The minimum atomic E-state index is -0.369. The van der Waals surface area contributed by atoms with Gasteiger partial charge in [0.15, 0.2) is 5.78 Å².